The first-order valence-electron chi connectivity index (χ1n) is 7.47. The van der Waals surface area contributed by atoms with Gasteiger partial charge in [-0.1, -0.05) is 6.07 Å². The van der Waals surface area contributed by atoms with Crippen LogP contribution < -0.4 is 10.2 Å². The molecular formula is C18H19N3O2. The van der Waals surface area contributed by atoms with Gasteiger partial charge in [0.15, 0.2) is 0 Å². The van der Waals surface area contributed by atoms with Gasteiger partial charge in [-0.25, -0.2) is 0 Å². The number of carbonyl (C=O) groups is 2. The number of nitrogens with one attached hydrogen (secondary N) is 1. The molecule has 0 fully saturated rings. The standard InChI is InChI=1S/C18H19N3O2/c1-11-7-8-19-10-13(11)16(22)20-12-5-6-14-15(9-12)21(4)17(23)18(14,2)3/h5-10H,1-4H3,(H,20,22). The highest BCUT2D eigenvalue weighted by Gasteiger charge is 2.42. The zero-order valence-corrected chi connectivity index (χ0v) is 13.7. The number of hydrogen-bond donors (Lipinski definition) is 1. The minimum Gasteiger partial charge on any atom is -0.322 e. The van der Waals surface area contributed by atoms with Crippen molar-refractivity contribution in [2.45, 2.75) is 26.2 Å². The monoisotopic (exact) mass is 309 g/mol. The number of anilines is 2. The van der Waals surface area contributed by atoms with E-state index >= 15 is 0 Å². The molecule has 5 heteroatoms. The molecule has 0 bridgehead atoms. The van der Waals surface area contributed by atoms with Crippen molar-refractivity contribution >= 4 is 23.2 Å². The summed E-state index contributed by atoms with van der Waals surface area (Å²) in [5.74, 6) is -0.152. The molecule has 1 aliphatic rings. The van der Waals surface area contributed by atoms with Crippen LogP contribution in [0.4, 0.5) is 11.4 Å². The topological polar surface area (TPSA) is 62.3 Å². The fourth-order valence-electron chi connectivity index (χ4n) is 2.96. The predicted octanol–water partition coefficient (Wildman–Crippen LogP) is 2.90. The van der Waals surface area contributed by atoms with Crippen LogP contribution in [-0.4, -0.2) is 23.8 Å². The van der Waals surface area contributed by atoms with Gasteiger partial charge >= 0.3 is 0 Å². The summed E-state index contributed by atoms with van der Waals surface area (Å²) < 4.78 is 0. The lowest BCUT2D eigenvalue weighted by atomic mass is 9.86. The molecule has 1 N–H and O–H groups in total. The van der Waals surface area contributed by atoms with Gasteiger partial charge in [0.05, 0.1) is 11.0 Å². The predicted molar refractivity (Wildman–Crippen MR) is 89.8 cm³/mol. The summed E-state index contributed by atoms with van der Waals surface area (Å²) in [5.41, 5.74) is 3.34. The van der Waals surface area contributed by atoms with Gasteiger partial charge in [0, 0.05) is 30.8 Å². The second-order valence-electron chi connectivity index (χ2n) is 6.37. The molecule has 1 aliphatic heterocycles. The zero-order valence-electron chi connectivity index (χ0n) is 13.7. The van der Waals surface area contributed by atoms with Crippen molar-refractivity contribution in [2.24, 2.45) is 0 Å². The highest BCUT2D eigenvalue weighted by atomic mass is 16.2. The number of aromatic nitrogens is 1. The lowest BCUT2D eigenvalue weighted by Crippen LogP contribution is -2.33. The summed E-state index contributed by atoms with van der Waals surface area (Å²) >= 11 is 0. The Bertz CT molecular complexity index is 812. The first-order chi connectivity index (χ1) is 10.8. The Kier molecular flexibility index (Phi) is 3.43. The van der Waals surface area contributed by atoms with Crippen molar-refractivity contribution in [1.82, 2.24) is 4.98 Å². The SMILES string of the molecule is Cc1ccncc1C(=O)Nc1ccc2c(c1)N(C)C(=O)C2(C)C. The molecule has 0 aliphatic carbocycles. The number of aryl methyl sites for hydroxylation is 1. The van der Waals surface area contributed by atoms with Gasteiger partial charge < -0.3 is 10.2 Å². The van der Waals surface area contributed by atoms with Gasteiger partial charge in [-0.3, -0.25) is 14.6 Å². The van der Waals surface area contributed by atoms with Crippen LogP contribution in [-0.2, 0) is 10.2 Å². The molecule has 0 radical (unpaired) electrons. The first-order valence-corrected chi connectivity index (χ1v) is 7.47. The first kappa shape index (κ1) is 15.2. The van der Waals surface area contributed by atoms with Gasteiger partial charge in [-0.2, -0.15) is 0 Å². The number of carbonyl (C=O) groups excluding carboxylic acids is 2. The van der Waals surface area contributed by atoms with Crippen LogP contribution in [0.3, 0.4) is 0 Å². The third-order valence-corrected chi connectivity index (χ3v) is 4.41. The van der Waals surface area contributed by atoms with Gasteiger partial charge in [0.25, 0.3) is 5.91 Å². The van der Waals surface area contributed by atoms with E-state index in [0.29, 0.717) is 11.3 Å². The van der Waals surface area contributed by atoms with E-state index in [4.69, 9.17) is 0 Å². The van der Waals surface area contributed by atoms with Gasteiger partial charge in [-0.15, -0.1) is 0 Å². The van der Waals surface area contributed by atoms with Crippen molar-refractivity contribution in [1.29, 1.82) is 0 Å². The Morgan fingerprint density at radius 3 is 2.70 bits per heavy atom. The molecule has 0 atom stereocenters. The smallest absolute Gasteiger partial charge is 0.257 e. The normalized spacial score (nSPS) is 15.5. The number of rotatable bonds is 2. The highest BCUT2D eigenvalue weighted by molar-refractivity contribution is 6.09. The maximum atomic E-state index is 12.4. The number of hydrogen-bond acceptors (Lipinski definition) is 3. The van der Waals surface area contributed by atoms with Crippen LogP contribution in [0.25, 0.3) is 0 Å². The fourth-order valence-corrected chi connectivity index (χ4v) is 2.96. The highest BCUT2D eigenvalue weighted by Crippen LogP contribution is 2.41. The average molecular weight is 309 g/mol. The molecule has 5 nitrogen and oxygen atoms in total. The van der Waals surface area contributed by atoms with E-state index in [1.54, 1.807) is 30.4 Å². The van der Waals surface area contributed by atoms with Crippen LogP contribution in [0, 0.1) is 6.92 Å². The van der Waals surface area contributed by atoms with Crippen molar-refractivity contribution in [3.63, 3.8) is 0 Å². The van der Waals surface area contributed by atoms with Crippen molar-refractivity contribution < 1.29 is 9.59 Å². The van der Waals surface area contributed by atoms with E-state index in [1.165, 1.54) is 0 Å². The average Bonchev–Trinajstić information content (AvgIpc) is 2.68. The summed E-state index contributed by atoms with van der Waals surface area (Å²) in [6.07, 6.45) is 3.21. The lowest BCUT2D eigenvalue weighted by molar-refractivity contribution is -0.121. The third kappa shape index (κ3) is 2.38. The summed E-state index contributed by atoms with van der Waals surface area (Å²) in [5, 5.41) is 2.87. The van der Waals surface area contributed by atoms with Crippen LogP contribution in [0.1, 0.15) is 35.3 Å². The molecule has 2 heterocycles. The van der Waals surface area contributed by atoms with Crippen LogP contribution in [0.15, 0.2) is 36.7 Å². The molecular weight excluding hydrogens is 290 g/mol. The van der Waals surface area contributed by atoms with Gasteiger partial charge in [0.2, 0.25) is 5.91 Å². The van der Waals surface area contributed by atoms with E-state index < -0.39 is 5.41 Å². The van der Waals surface area contributed by atoms with E-state index in [0.717, 1.165) is 16.8 Å². The molecule has 2 aromatic rings. The number of amides is 2. The van der Waals surface area contributed by atoms with E-state index in [1.807, 2.05) is 39.0 Å². The van der Waals surface area contributed by atoms with Crippen molar-refractivity contribution in [3.8, 4) is 0 Å². The maximum Gasteiger partial charge on any atom is 0.257 e. The summed E-state index contributed by atoms with van der Waals surface area (Å²) in [4.78, 5) is 30.3. The van der Waals surface area contributed by atoms with Crippen LogP contribution >= 0.6 is 0 Å². The molecule has 118 valence electrons. The van der Waals surface area contributed by atoms with Crippen LogP contribution in [0.5, 0.6) is 0 Å². The van der Waals surface area contributed by atoms with Crippen molar-refractivity contribution in [2.75, 3.05) is 17.3 Å². The molecule has 23 heavy (non-hydrogen) atoms. The number of fused-ring (bicyclic) bond motifs is 1. The van der Waals surface area contributed by atoms with E-state index in [-0.39, 0.29) is 11.8 Å². The molecule has 2 amide bonds. The molecule has 3 rings (SSSR count). The third-order valence-electron chi connectivity index (χ3n) is 4.41. The Hall–Kier alpha value is -2.69. The lowest BCUT2D eigenvalue weighted by Gasteiger charge is -2.16. The number of nitrogens with zero attached hydrogens (tertiary/aromatic N) is 2. The largest absolute Gasteiger partial charge is 0.322 e. The number of pyridine rings is 1. The van der Waals surface area contributed by atoms with Crippen molar-refractivity contribution in [3.05, 3.63) is 53.3 Å². The molecule has 1 aromatic carbocycles. The quantitative estimate of drug-likeness (QED) is 0.928. The maximum absolute atomic E-state index is 12.4. The zero-order chi connectivity index (χ0) is 16.8. The summed E-state index contributed by atoms with van der Waals surface area (Å²) in [6, 6.07) is 7.37. The summed E-state index contributed by atoms with van der Waals surface area (Å²) in [7, 11) is 1.76. The summed E-state index contributed by atoms with van der Waals surface area (Å²) in [6.45, 7) is 5.69. The van der Waals surface area contributed by atoms with E-state index in [9.17, 15) is 9.59 Å². The molecule has 0 saturated heterocycles. The minimum atomic E-state index is -0.535. The Balaban J connectivity index is 1.91. The number of likely N-dealkylation sites (N-methyl/N-ethyl adjacent to an activating group) is 1. The second-order valence-corrected chi connectivity index (χ2v) is 6.37. The Morgan fingerprint density at radius 1 is 1.26 bits per heavy atom. The van der Waals surface area contributed by atoms with Gasteiger partial charge in [0.1, 0.15) is 0 Å². The molecule has 0 spiro atoms. The Morgan fingerprint density at radius 2 is 2.00 bits per heavy atom. The Labute approximate surface area is 135 Å². The fraction of sp³-hybridized carbons (Fsp3) is 0.278. The minimum absolute atomic E-state index is 0.0547. The molecule has 0 saturated carbocycles. The second kappa shape index (κ2) is 5.19. The van der Waals surface area contributed by atoms with Crippen LogP contribution in [0.2, 0.25) is 0 Å². The molecule has 1 aromatic heterocycles. The molecule has 0 unspecified atom stereocenters. The van der Waals surface area contributed by atoms with E-state index in [2.05, 4.69) is 10.3 Å². The number of benzene rings is 1. The van der Waals surface area contributed by atoms with Gasteiger partial charge in [-0.05, 0) is 50.1 Å².